The Hall–Kier alpha value is -1.29. The van der Waals surface area contributed by atoms with Crippen molar-refractivity contribution >= 4 is 5.69 Å². The summed E-state index contributed by atoms with van der Waals surface area (Å²) in [5.74, 6) is 0.360. The molecule has 0 aliphatic carbocycles. The van der Waals surface area contributed by atoms with Gasteiger partial charge in [0.25, 0.3) is 0 Å². The first-order valence-corrected chi connectivity index (χ1v) is 6.07. The average molecular weight is 238 g/mol. The third kappa shape index (κ3) is 2.52. The van der Waals surface area contributed by atoms with Crippen molar-refractivity contribution in [2.45, 2.75) is 19.4 Å². The molecule has 1 N–H and O–H groups in total. The minimum absolute atomic E-state index is 0.256. The molecule has 0 aromatic heterocycles. The standard InChI is InChI=1S/C13H19FN2O/c1-3-11-9-15-6-7-16(11)12-5-4-10(14)8-13(12)17-2/h4-5,8,11,15H,3,6-7,9H2,1-2H3. The maximum atomic E-state index is 13.2. The van der Waals surface area contributed by atoms with Gasteiger partial charge >= 0.3 is 0 Å². The smallest absolute Gasteiger partial charge is 0.145 e. The highest BCUT2D eigenvalue weighted by atomic mass is 19.1. The lowest BCUT2D eigenvalue weighted by Gasteiger charge is -2.38. The van der Waals surface area contributed by atoms with Crippen LogP contribution in [0.3, 0.4) is 0 Å². The van der Waals surface area contributed by atoms with Gasteiger partial charge in [0.1, 0.15) is 11.6 Å². The molecule has 1 heterocycles. The number of nitrogens with zero attached hydrogens (tertiary/aromatic N) is 1. The molecule has 1 aliphatic rings. The van der Waals surface area contributed by atoms with E-state index in [1.165, 1.54) is 12.1 Å². The Morgan fingerprint density at radius 2 is 2.35 bits per heavy atom. The Labute approximate surface area is 102 Å². The summed E-state index contributed by atoms with van der Waals surface area (Å²) in [6.45, 7) is 5.02. The molecule has 1 saturated heterocycles. The van der Waals surface area contributed by atoms with Crippen LogP contribution in [0.15, 0.2) is 18.2 Å². The number of rotatable bonds is 3. The van der Waals surface area contributed by atoms with Gasteiger partial charge in [-0.25, -0.2) is 4.39 Å². The highest BCUT2D eigenvalue weighted by Crippen LogP contribution is 2.31. The molecule has 1 atom stereocenters. The van der Waals surface area contributed by atoms with Crippen LogP contribution in [0.5, 0.6) is 5.75 Å². The predicted molar refractivity (Wildman–Crippen MR) is 67.2 cm³/mol. The van der Waals surface area contributed by atoms with Crippen LogP contribution in [-0.4, -0.2) is 32.8 Å². The van der Waals surface area contributed by atoms with Crippen molar-refractivity contribution in [3.8, 4) is 5.75 Å². The molecular weight excluding hydrogens is 219 g/mol. The van der Waals surface area contributed by atoms with Crippen molar-refractivity contribution < 1.29 is 9.13 Å². The maximum Gasteiger partial charge on any atom is 0.145 e. The summed E-state index contributed by atoms with van der Waals surface area (Å²) in [5.41, 5.74) is 0.988. The number of piperazine rings is 1. The number of halogens is 1. The summed E-state index contributed by atoms with van der Waals surface area (Å²) in [7, 11) is 1.58. The summed E-state index contributed by atoms with van der Waals surface area (Å²) in [5, 5.41) is 3.38. The van der Waals surface area contributed by atoms with Crippen molar-refractivity contribution in [1.29, 1.82) is 0 Å². The predicted octanol–water partition coefficient (Wildman–Crippen LogP) is 2.02. The zero-order valence-corrected chi connectivity index (χ0v) is 10.4. The minimum atomic E-state index is -0.256. The SMILES string of the molecule is CCC1CNCCN1c1ccc(F)cc1OC. The van der Waals surface area contributed by atoms with Gasteiger partial charge in [0, 0.05) is 31.7 Å². The number of ether oxygens (including phenoxy) is 1. The van der Waals surface area contributed by atoms with Crippen molar-refractivity contribution in [3.05, 3.63) is 24.0 Å². The lowest BCUT2D eigenvalue weighted by molar-refractivity contribution is 0.402. The third-order valence-electron chi connectivity index (χ3n) is 3.27. The van der Waals surface area contributed by atoms with Crippen molar-refractivity contribution in [2.75, 3.05) is 31.6 Å². The van der Waals surface area contributed by atoms with Crippen LogP contribution in [0, 0.1) is 5.82 Å². The quantitative estimate of drug-likeness (QED) is 0.872. The van der Waals surface area contributed by atoms with E-state index < -0.39 is 0 Å². The Morgan fingerprint density at radius 1 is 1.53 bits per heavy atom. The molecule has 0 spiro atoms. The molecule has 0 amide bonds. The second-order valence-corrected chi connectivity index (χ2v) is 4.28. The average Bonchev–Trinajstić information content (AvgIpc) is 2.38. The normalized spacial score (nSPS) is 20.4. The highest BCUT2D eigenvalue weighted by molar-refractivity contribution is 5.59. The number of hydrogen-bond acceptors (Lipinski definition) is 3. The number of nitrogens with one attached hydrogen (secondary N) is 1. The number of anilines is 1. The molecule has 0 saturated carbocycles. The van der Waals surface area contributed by atoms with Crippen LogP contribution in [0.2, 0.25) is 0 Å². The number of benzene rings is 1. The largest absolute Gasteiger partial charge is 0.494 e. The molecule has 17 heavy (non-hydrogen) atoms. The van der Waals surface area contributed by atoms with E-state index in [0.29, 0.717) is 11.8 Å². The highest BCUT2D eigenvalue weighted by Gasteiger charge is 2.23. The van der Waals surface area contributed by atoms with Gasteiger partial charge in [0.15, 0.2) is 0 Å². The Balaban J connectivity index is 2.30. The van der Waals surface area contributed by atoms with Crippen LogP contribution >= 0.6 is 0 Å². The molecule has 1 unspecified atom stereocenters. The number of methoxy groups -OCH3 is 1. The zero-order valence-electron chi connectivity index (χ0n) is 10.4. The van der Waals surface area contributed by atoms with Gasteiger partial charge in [0.05, 0.1) is 12.8 Å². The van der Waals surface area contributed by atoms with Crippen LogP contribution in [0.1, 0.15) is 13.3 Å². The first kappa shape index (κ1) is 12.2. The second kappa shape index (κ2) is 5.36. The Bertz CT molecular complexity index is 384. The molecule has 3 nitrogen and oxygen atoms in total. The van der Waals surface area contributed by atoms with E-state index in [9.17, 15) is 4.39 Å². The van der Waals surface area contributed by atoms with Gasteiger partial charge in [-0.05, 0) is 18.6 Å². The van der Waals surface area contributed by atoms with Crippen LogP contribution in [0.4, 0.5) is 10.1 Å². The van der Waals surface area contributed by atoms with Gasteiger partial charge in [0.2, 0.25) is 0 Å². The maximum absolute atomic E-state index is 13.2. The van der Waals surface area contributed by atoms with E-state index in [0.717, 1.165) is 31.7 Å². The zero-order chi connectivity index (χ0) is 12.3. The van der Waals surface area contributed by atoms with Crippen molar-refractivity contribution in [3.63, 3.8) is 0 Å². The molecule has 0 bridgehead atoms. The molecule has 1 aromatic rings. The molecule has 94 valence electrons. The van der Waals surface area contributed by atoms with E-state index in [4.69, 9.17) is 4.74 Å². The van der Waals surface area contributed by atoms with Crippen LogP contribution in [0.25, 0.3) is 0 Å². The molecule has 4 heteroatoms. The molecule has 1 aromatic carbocycles. The van der Waals surface area contributed by atoms with Crippen LogP contribution in [-0.2, 0) is 0 Å². The topological polar surface area (TPSA) is 24.5 Å². The fourth-order valence-corrected chi connectivity index (χ4v) is 2.33. The van der Waals surface area contributed by atoms with E-state index in [1.807, 2.05) is 6.07 Å². The Morgan fingerprint density at radius 3 is 3.06 bits per heavy atom. The molecule has 0 radical (unpaired) electrons. The second-order valence-electron chi connectivity index (χ2n) is 4.28. The minimum Gasteiger partial charge on any atom is -0.494 e. The summed E-state index contributed by atoms with van der Waals surface area (Å²) < 4.78 is 18.4. The van der Waals surface area contributed by atoms with E-state index in [1.54, 1.807) is 7.11 Å². The van der Waals surface area contributed by atoms with Gasteiger partial charge in [-0.2, -0.15) is 0 Å². The van der Waals surface area contributed by atoms with Gasteiger partial charge in [-0.3, -0.25) is 0 Å². The van der Waals surface area contributed by atoms with Crippen molar-refractivity contribution in [2.24, 2.45) is 0 Å². The third-order valence-corrected chi connectivity index (χ3v) is 3.27. The summed E-state index contributed by atoms with van der Waals surface area (Å²) in [4.78, 5) is 2.30. The van der Waals surface area contributed by atoms with E-state index in [2.05, 4.69) is 17.1 Å². The monoisotopic (exact) mass is 238 g/mol. The molecule has 1 aliphatic heterocycles. The summed E-state index contributed by atoms with van der Waals surface area (Å²) in [6, 6.07) is 5.20. The summed E-state index contributed by atoms with van der Waals surface area (Å²) in [6.07, 6.45) is 1.06. The van der Waals surface area contributed by atoms with Gasteiger partial charge < -0.3 is 15.0 Å². The first-order chi connectivity index (χ1) is 8.26. The van der Waals surface area contributed by atoms with E-state index >= 15 is 0 Å². The van der Waals surface area contributed by atoms with Crippen LogP contribution < -0.4 is 15.0 Å². The Kier molecular flexibility index (Phi) is 3.84. The van der Waals surface area contributed by atoms with Gasteiger partial charge in [-0.1, -0.05) is 6.92 Å². The first-order valence-electron chi connectivity index (χ1n) is 6.07. The summed E-state index contributed by atoms with van der Waals surface area (Å²) >= 11 is 0. The lowest BCUT2D eigenvalue weighted by atomic mass is 10.1. The lowest BCUT2D eigenvalue weighted by Crippen LogP contribution is -2.51. The van der Waals surface area contributed by atoms with Gasteiger partial charge in [-0.15, -0.1) is 0 Å². The van der Waals surface area contributed by atoms with E-state index in [-0.39, 0.29) is 5.82 Å². The molecule has 1 fully saturated rings. The van der Waals surface area contributed by atoms with Crippen molar-refractivity contribution in [1.82, 2.24) is 5.32 Å². The molecular formula is C13H19FN2O. The fourth-order valence-electron chi connectivity index (χ4n) is 2.33. The number of hydrogen-bond donors (Lipinski definition) is 1. The molecule has 2 rings (SSSR count). The fraction of sp³-hybridized carbons (Fsp3) is 0.538.